The zero-order valence-corrected chi connectivity index (χ0v) is 14.3. The largest absolute Gasteiger partial charge is 0.389 e. The number of rotatable bonds is 5. The molecule has 1 saturated carbocycles. The Kier molecular flexibility index (Phi) is 5.46. The van der Waals surface area contributed by atoms with Crippen LogP contribution in [0.4, 0.5) is 0 Å². The monoisotopic (exact) mass is 326 g/mol. The summed E-state index contributed by atoms with van der Waals surface area (Å²) in [5, 5.41) is 3.23. The maximum Gasteiger partial charge on any atom is 0.168 e. The van der Waals surface area contributed by atoms with Crippen LogP contribution in [0.1, 0.15) is 44.1 Å². The van der Waals surface area contributed by atoms with E-state index in [9.17, 15) is 9.59 Å². The number of nitrogens with zero attached hydrogens (tertiary/aromatic N) is 1. The van der Waals surface area contributed by atoms with Gasteiger partial charge in [-0.05, 0) is 37.4 Å². The summed E-state index contributed by atoms with van der Waals surface area (Å²) >= 11 is 0. The van der Waals surface area contributed by atoms with Crippen molar-refractivity contribution in [3.05, 3.63) is 47.7 Å². The molecular formula is C20H26N2O2. The van der Waals surface area contributed by atoms with Crippen molar-refractivity contribution in [2.24, 2.45) is 0 Å². The molecule has 24 heavy (non-hydrogen) atoms. The summed E-state index contributed by atoms with van der Waals surface area (Å²) in [6.07, 6.45) is 4.93. The van der Waals surface area contributed by atoms with Crippen molar-refractivity contribution in [3.8, 4) is 0 Å². The molecule has 1 atom stereocenters. The fraction of sp³-hybridized carbons (Fsp3) is 0.500. The van der Waals surface area contributed by atoms with Gasteiger partial charge < -0.3 is 5.32 Å². The van der Waals surface area contributed by atoms with Crippen LogP contribution in [-0.4, -0.2) is 42.1 Å². The third kappa shape index (κ3) is 3.75. The smallest absolute Gasteiger partial charge is 0.168 e. The van der Waals surface area contributed by atoms with Crippen molar-refractivity contribution in [2.75, 3.05) is 19.6 Å². The average Bonchev–Trinajstić information content (AvgIpc) is 3.05. The van der Waals surface area contributed by atoms with Crippen molar-refractivity contribution in [2.45, 2.75) is 44.6 Å². The third-order valence-corrected chi connectivity index (χ3v) is 5.24. The summed E-state index contributed by atoms with van der Waals surface area (Å²) in [5.74, 6) is -0.0495. The number of benzene rings is 1. The van der Waals surface area contributed by atoms with Gasteiger partial charge in [-0.1, -0.05) is 37.3 Å². The summed E-state index contributed by atoms with van der Waals surface area (Å²) in [4.78, 5) is 27.2. The summed E-state index contributed by atoms with van der Waals surface area (Å²) in [6, 6.07) is 10.4. The molecule has 1 heterocycles. The number of Topliss-reactive ketones (excluding diaryl/α,β-unsaturated/α-hetero) is 2. The Morgan fingerprint density at radius 2 is 1.88 bits per heavy atom. The van der Waals surface area contributed by atoms with Crippen LogP contribution >= 0.6 is 0 Å². The van der Waals surface area contributed by atoms with Crippen LogP contribution in [0, 0.1) is 0 Å². The van der Waals surface area contributed by atoms with E-state index in [4.69, 9.17) is 0 Å². The lowest BCUT2D eigenvalue weighted by molar-refractivity contribution is -0.124. The molecule has 2 fully saturated rings. The Labute approximate surface area is 143 Å². The highest BCUT2D eigenvalue weighted by molar-refractivity contribution is 6.22. The molecule has 1 aromatic rings. The molecule has 1 saturated heterocycles. The Balaban J connectivity index is 1.59. The van der Waals surface area contributed by atoms with Crippen molar-refractivity contribution in [1.29, 1.82) is 0 Å². The number of hydrogen-bond donors (Lipinski definition) is 1. The van der Waals surface area contributed by atoms with Crippen LogP contribution in [0.3, 0.4) is 0 Å². The molecule has 0 radical (unpaired) electrons. The first-order valence-electron chi connectivity index (χ1n) is 8.98. The number of nitrogens with one attached hydrogen (secondary N) is 1. The Bertz CT molecular complexity index is 604. The van der Waals surface area contributed by atoms with Crippen molar-refractivity contribution in [1.82, 2.24) is 10.2 Å². The van der Waals surface area contributed by atoms with Crippen molar-refractivity contribution in [3.63, 3.8) is 0 Å². The lowest BCUT2D eigenvalue weighted by Crippen LogP contribution is -2.37. The lowest BCUT2D eigenvalue weighted by atomic mass is 9.80. The predicted molar refractivity (Wildman–Crippen MR) is 94.8 cm³/mol. The van der Waals surface area contributed by atoms with Gasteiger partial charge in [-0.3, -0.25) is 14.5 Å². The number of carbonyl (C=O) groups excluding carboxylic acids is 2. The number of likely N-dealkylation sites (tertiary alicyclic amines) is 1. The van der Waals surface area contributed by atoms with Gasteiger partial charge in [0.25, 0.3) is 0 Å². The molecule has 1 unspecified atom stereocenters. The van der Waals surface area contributed by atoms with Crippen molar-refractivity contribution < 1.29 is 9.59 Å². The maximum absolute atomic E-state index is 12.4. The van der Waals surface area contributed by atoms with E-state index in [1.165, 1.54) is 12.8 Å². The molecule has 1 aromatic carbocycles. The van der Waals surface area contributed by atoms with Gasteiger partial charge in [0.15, 0.2) is 11.6 Å². The van der Waals surface area contributed by atoms with E-state index in [0.29, 0.717) is 24.5 Å². The number of hydrogen-bond acceptors (Lipinski definition) is 4. The van der Waals surface area contributed by atoms with Crippen molar-refractivity contribution >= 4 is 11.6 Å². The van der Waals surface area contributed by atoms with Gasteiger partial charge in [0.05, 0.1) is 5.57 Å². The topological polar surface area (TPSA) is 49.4 Å². The highest BCUT2D eigenvalue weighted by atomic mass is 16.1. The molecule has 0 bridgehead atoms. The molecule has 4 nitrogen and oxygen atoms in total. The minimum Gasteiger partial charge on any atom is -0.389 e. The number of likely N-dealkylation sites (N-methyl/N-ethyl adjacent to an activating group) is 1. The SMILES string of the molecule is CCN1CCCC1CNC=C1C(=O)CC(c2ccccc2)CC1=O. The molecule has 2 aliphatic rings. The van der Waals surface area contributed by atoms with Gasteiger partial charge in [0, 0.05) is 31.6 Å². The highest BCUT2D eigenvalue weighted by Crippen LogP contribution is 2.31. The minimum absolute atomic E-state index is 0.0220. The van der Waals surface area contributed by atoms with E-state index in [2.05, 4.69) is 17.1 Å². The summed E-state index contributed by atoms with van der Waals surface area (Å²) < 4.78 is 0. The minimum atomic E-state index is -0.0358. The Morgan fingerprint density at radius 3 is 2.54 bits per heavy atom. The molecule has 1 aliphatic heterocycles. The van der Waals surface area contributed by atoms with Crippen LogP contribution in [0.2, 0.25) is 0 Å². The quantitative estimate of drug-likeness (QED) is 0.667. The summed E-state index contributed by atoms with van der Waals surface area (Å²) in [5.41, 5.74) is 1.43. The van der Waals surface area contributed by atoms with Crippen LogP contribution in [0.25, 0.3) is 0 Å². The van der Waals surface area contributed by atoms with Gasteiger partial charge in [-0.25, -0.2) is 0 Å². The zero-order chi connectivity index (χ0) is 16.9. The fourth-order valence-corrected chi connectivity index (χ4v) is 3.86. The average molecular weight is 326 g/mol. The van der Waals surface area contributed by atoms with E-state index in [0.717, 1.165) is 25.2 Å². The Hall–Kier alpha value is -1.94. The van der Waals surface area contributed by atoms with Gasteiger partial charge in [0.1, 0.15) is 0 Å². The van der Waals surface area contributed by atoms with Crippen LogP contribution < -0.4 is 5.32 Å². The van der Waals surface area contributed by atoms with Gasteiger partial charge in [0.2, 0.25) is 0 Å². The predicted octanol–water partition coefficient (Wildman–Crippen LogP) is 2.66. The number of allylic oxidation sites excluding steroid dienone is 1. The number of carbonyl (C=O) groups is 2. The van der Waals surface area contributed by atoms with E-state index >= 15 is 0 Å². The maximum atomic E-state index is 12.4. The summed E-state index contributed by atoms with van der Waals surface area (Å²) in [7, 11) is 0. The molecule has 0 amide bonds. The third-order valence-electron chi connectivity index (χ3n) is 5.24. The normalized spacial score (nSPS) is 25.1. The molecule has 128 valence electrons. The molecule has 4 heteroatoms. The second-order valence-corrected chi connectivity index (χ2v) is 6.75. The molecule has 0 aromatic heterocycles. The van der Waals surface area contributed by atoms with Gasteiger partial charge >= 0.3 is 0 Å². The molecular weight excluding hydrogens is 300 g/mol. The first kappa shape index (κ1) is 16.9. The molecule has 0 spiro atoms. The van der Waals surface area contributed by atoms with Crippen LogP contribution in [-0.2, 0) is 9.59 Å². The first-order valence-corrected chi connectivity index (χ1v) is 8.98. The van der Waals surface area contributed by atoms with Crippen LogP contribution in [0.5, 0.6) is 0 Å². The first-order chi connectivity index (χ1) is 11.7. The van der Waals surface area contributed by atoms with Gasteiger partial charge in [-0.2, -0.15) is 0 Å². The van der Waals surface area contributed by atoms with E-state index in [-0.39, 0.29) is 17.5 Å². The molecule has 1 N–H and O–H groups in total. The second-order valence-electron chi connectivity index (χ2n) is 6.75. The van der Waals surface area contributed by atoms with E-state index in [1.807, 2.05) is 30.3 Å². The highest BCUT2D eigenvalue weighted by Gasteiger charge is 2.31. The lowest BCUT2D eigenvalue weighted by Gasteiger charge is -2.24. The standard InChI is InChI=1S/C20H26N2O2/c1-2-22-10-6-9-17(22)13-21-14-18-19(23)11-16(12-20(18)24)15-7-4-3-5-8-15/h3-5,7-8,14,16-17,21H,2,6,9-13H2,1H3. The number of ketones is 2. The Morgan fingerprint density at radius 1 is 1.17 bits per heavy atom. The van der Waals surface area contributed by atoms with Gasteiger partial charge in [-0.15, -0.1) is 0 Å². The van der Waals surface area contributed by atoms with E-state index in [1.54, 1.807) is 6.20 Å². The van der Waals surface area contributed by atoms with E-state index < -0.39 is 0 Å². The second kappa shape index (κ2) is 7.75. The molecule has 1 aliphatic carbocycles. The van der Waals surface area contributed by atoms with Crippen LogP contribution in [0.15, 0.2) is 42.1 Å². The summed E-state index contributed by atoms with van der Waals surface area (Å²) in [6.45, 7) is 5.18. The molecule has 3 rings (SSSR count). The zero-order valence-electron chi connectivity index (χ0n) is 14.3. The fourth-order valence-electron chi connectivity index (χ4n) is 3.86.